The Balaban J connectivity index is 2.66. The van der Waals surface area contributed by atoms with Crippen molar-refractivity contribution in [1.82, 2.24) is 19.9 Å². The first-order chi connectivity index (χ1) is 8.67. The topological polar surface area (TPSA) is 60.8 Å². The van der Waals surface area contributed by atoms with Crippen molar-refractivity contribution in [2.24, 2.45) is 0 Å². The Morgan fingerprint density at radius 2 is 1.89 bits per heavy atom. The van der Waals surface area contributed by atoms with Gasteiger partial charge < -0.3 is 4.74 Å². The Morgan fingerprint density at radius 1 is 1.17 bits per heavy atom. The van der Waals surface area contributed by atoms with Gasteiger partial charge in [0.05, 0.1) is 7.11 Å². The van der Waals surface area contributed by atoms with E-state index < -0.39 is 0 Å². The number of rotatable bonds is 3. The van der Waals surface area contributed by atoms with Crippen molar-refractivity contribution in [2.75, 3.05) is 7.11 Å². The molecule has 2 heterocycles. The van der Waals surface area contributed by atoms with Crippen LogP contribution in [0, 0.1) is 6.92 Å². The highest BCUT2D eigenvalue weighted by Gasteiger charge is 2.16. The summed E-state index contributed by atoms with van der Waals surface area (Å²) in [6, 6.07) is 0. The van der Waals surface area contributed by atoms with E-state index in [1.54, 1.807) is 19.5 Å². The van der Waals surface area contributed by atoms with Gasteiger partial charge in [0.15, 0.2) is 5.69 Å². The number of methoxy groups -OCH3 is 1. The van der Waals surface area contributed by atoms with Crippen LogP contribution in [0.1, 0.15) is 18.3 Å². The van der Waals surface area contributed by atoms with Gasteiger partial charge >= 0.3 is 0 Å². The number of aromatic nitrogens is 4. The molecule has 0 unspecified atom stereocenters. The Kier molecular flexibility index (Phi) is 3.72. The summed E-state index contributed by atoms with van der Waals surface area (Å²) >= 11 is 6.10. The first-order valence-electron chi connectivity index (χ1n) is 5.55. The smallest absolute Gasteiger partial charge is 0.241 e. The van der Waals surface area contributed by atoms with Crippen molar-refractivity contribution in [3.63, 3.8) is 0 Å². The molecule has 0 aliphatic rings. The molecule has 6 heteroatoms. The van der Waals surface area contributed by atoms with Crippen LogP contribution in [0.5, 0.6) is 5.88 Å². The van der Waals surface area contributed by atoms with Gasteiger partial charge in [-0.3, -0.25) is 0 Å². The Labute approximate surface area is 110 Å². The highest BCUT2D eigenvalue weighted by Crippen LogP contribution is 2.29. The summed E-state index contributed by atoms with van der Waals surface area (Å²) in [4.78, 5) is 17.0. The van der Waals surface area contributed by atoms with E-state index in [4.69, 9.17) is 16.3 Å². The molecule has 5 nitrogen and oxygen atoms in total. The van der Waals surface area contributed by atoms with Gasteiger partial charge in [-0.1, -0.05) is 18.5 Å². The predicted molar refractivity (Wildman–Crippen MR) is 68.7 cm³/mol. The van der Waals surface area contributed by atoms with Crippen LogP contribution in [-0.2, 0) is 6.42 Å². The molecular formula is C12H13ClN4O. The van der Waals surface area contributed by atoms with Crippen LogP contribution in [0.15, 0.2) is 12.4 Å². The first-order valence-corrected chi connectivity index (χ1v) is 5.93. The van der Waals surface area contributed by atoms with Crippen molar-refractivity contribution in [3.8, 4) is 17.3 Å². The van der Waals surface area contributed by atoms with E-state index in [9.17, 15) is 0 Å². The van der Waals surface area contributed by atoms with E-state index in [0.29, 0.717) is 34.7 Å². The third-order valence-corrected chi connectivity index (χ3v) is 2.90. The molecule has 0 bridgehead atoms. The third kappa shape index (κ3) is 2.26. The molecule has 0 aliphatic heterocycles. The molecule has 0 atom stereocenters. The molecule has 18 heavy (non-hydrogen) atoms. The van der Waals surface area contributed by atoms with E-state index in [-0.39, 0.29) is 0 Å². The van der Waals surface area contributed by atoms with Crippen molar-refractivity contribution >= 4 is 11.6 Å². The minimum absolute atomic E-state index is 0.428. The highest BCUT2D eigenvalue weighted by molar-refractivity contribution is 6.30. The lowest BCUT2D eigenvalue weighted by Crippen LogP contribution is -2.02. The average molecular weight is 265 g/mol. The summed E-state index contributed by atoms with van der Waals surface area (Å²) in [7, 11) is 1.55. The van der Waals surface area contributed by atoms with Crippen molar-refractivity contribution < 1.29 is 4.74 Å². The monoisotopic (exact) mass is 264 g/mol. The van der Waals surface area contributed by atoms with E-state index in [1.807, 2.05) is 13.8 Å². The maximum absolute atomic E-state index is 6.10. The van der Waals surface area contributed by atoms with Crippen LogP contribution in [0.3, 0.4) is 0 Å². The Bertz CT molecular complexity index is 574. The molecule has 0 radical (unpaired) electrons. The van der Waals surface area contributed by atoms with Crippen molar-refractivity contribution in [3.05, 3.63) is 28.9 Å². The molecular weight excluding hydrogens is 252 g/mol. The van der Waals surface area contributed by atoms with Crippen molar-refractivity contribution in [2.45, 2.75) is 20.3 Å². The number of nitrogens with zero attached hydrogens (tertiary/aromatic N) is 4. The lowest BCUT2D eigenvalue weighted by molar-refractivity contribution is 0.397. The quantitative estimate of drug-likeness (QED) is 0.797. The summed E-state index contributed by atoms with van der Waals surface area (Å²) in [6.07, 6.45) is 3.87. The Morgan fingerprint density at radius 3 is 2.56 bits per heavy atom. The number of hydrogen-bond donors (Lipinski definition) is 0. The van der Waals surface area contributed by atoms with E-state index in [1.165, 1.54) is 0 Å². The van der Waals surface area contributed by atoms with E-state index in [2.05, 4.69) is 19.9 Å². The molecule has 0 spiro atoms. The first kappa shape index (κ1) is 12.7. The fourth-order valence-corrected chi connectivity index (χ4v) is 1.75. The second kappa shape index (κ2) is 5.27. The second-order valence-corrected chi connectivity index (χ2v) is 4.03. The van der Waals surface area contributed by atoms with E-state index in [0.717, 1.165) is 5.56 Å². The summed E-state index contributed by atoms with van der Waals surface area (Å²) in [5, 5.41) is 0.435. The molecule has 2 rings (SSSR count). The van der Waals surface area contributed by atoms with Gasteiger partial charge in [-0.05, 0) is 6.92 Å². The lowest BCUT2D eigenvalue weighted by Gasteiger charge is -2.10. The molecule has 0 saturated carbocycles. The largest absolute Gasteiger partial charge is 0.479 e. The molecule has 94 valence electrons. The molecule has 2 aromatic rings. The SMILES string of the molecule is CCc1nc(Cl)c(C)c(-c2nccnc2OC)n1. The van der Waals surface area contributed by atoms with Gasteiger partial charge in [-0.2, -0.15) is 0 Å². The number of aryl methyl sites for hydroxylation is 1. The standard InChI is InChI=1S/C12H13ClN4O/c1-4-8-16-9(7(2)11(13)17-8)10-12(18-3)15-6-5-14-10/h5-6H,4H2,1-3H3. The van der Waals surface area contributed by atoms with Gasteiger partial charge in [-0.15, -0.1) is 0 Å². The fraction of sp³-hybridized carbons (Fsp3) is 0.333. The molecule has 0 amide bonds. The maximum atomic E-state index is 6.10. The van der Waals surface area contributed by atoms with Crippen LogP contribution < -0.4 is 4.74 Å². The molecule has 0 aromatic carbocycles. The van der Waals surface area contributed by atoms with Gasteiger partial charge in [0.25, 0.3) is 0 Å². The maximum Gasteiger partial charge on any atom is 0.241 e. The zero-order valence-corrected chi connectivity index (χ0v) is 11.2. The number of halogens is 1. The Hall–Kier alpha value is -1.75. The number of hydrogen-bond acceptors (Lipinski definition) is 5. The lowest BCUT2D eigenvalue weighted by atomic mass is 10.2. The molecule has 0 saturated heterocycles. The van der Waals surface area contributed by atoms with E-state index >= 15 is 0 Å². The van der Waals surface area contributed by atoms with Gasteiger partial charge in [-0.25, -0.2) is 19.9 Å². The van der Waals surface area contributed by atoms with Crippen LogP contribution in [0.25, 0.3) is 11.4 Å². The molecule has 0 N–H and O–H groups in total. The van der Waals surface area contributed by atoms with Gasteiger partial charge in [0.1, 0.15) is 16.7 Å². The molecule has 2 aromatic heterocycles. The normalized spacial score (nSPS) is 10.4. The van der Waals surface area contributed by atoms with Crippen LogP contribution >= 0.6 is 11.6 Å². The average Bonchev–Trinajstić information content (AvgIpc) is 2.41. The molecule has 0 fully saturated rings. The van der Waals surface area contributed by atoms with Crippen LogP contribution in [0.4, 0.5) is 0 Å². The highest BCUT2D eigenvalue weighted by atomic mass is 35.5. The molecule has 0 aliphatic carbocycles. The third-order valence-electron chi connectivity index (χ3n) is 2.53. The summed E-state index contributed by atoms with van der Waals surface area (Å²) in [6.45, 7) is 3.82. The zero-order chi connectivity index (χ0) is 13.1. The van der Waals surface area contributed by atoms with Crippen LogP contribution in [0.2, 0.25) is 5.15 Å². The predicted octanol–water partition coefficient (Wildman–Crippen LogP) is 2.47. The van der Waals surface area contributed by atoms with Crippen LogP contribution in [-0.4, -0.2) is 27.0 Å². The summed E-state index contributed by atoms with van der Waals surface area (Å²) in [5.74, 6) is 1.10. The summed E-state index contributed by atoms with van der Waals surface area (Å²) in [5.41, 5.74) is 2.01. The number of ether oxygens (including phenoxy) is 1. The van der Waals surface area contributed by atoms with Gasteiger partial charge in [0, 0.05) is 24.4 Å². The summed E-state index contributed by atoms with van der Waals surface area (Å²) < 4.78 is 5.19. The zero-order valence-electron chi connectivity index (χ0n) is 10.4. The second-order valence-electron chi connectivity index (χ2n) is 3.67. The minimum Gasteiger partial charge on any atom is -0.479 e. The fourth-order valence-electron chi connectivity index (χ4n) is 1.56. The minimum atomic E-state index is 0.428. The van der Waals surface area contributed by atoms with Crippen molar-refractivity contribution in [1.29, 1.82) is 0 Å². The van der Waals surface area contributed by atoms with Gasteiger partial charge in [0.2, 0.25) is 5.88 Å².